The van der Waals surface area contributed by atoms with E-state index < -0.39 is 0 Å². The summed E-state index contributed by atoms with van der Waals surface area (Å²) in [4.78, 5) is 23.9. The van der Waals surface area contributed by atoms with Crippen molar-refractivity contribution in [3.05, 3.63) is 70.1 Å². The number of rotatable bonds is 4. The van der Waals surface area contributed by atoms with E-state index >= 15 is 0 Å². The normalized spacial score (nSPS) is 14.5. The number of halogens is 1. The van der Waals surface area contributed by atoms with E-state index in [0.29, 0.717) is 17.3 Å². The fourth-order valence-electron chi connectivity index (χ4n) is 3.99. The first-order chi connectivity index (χ1) is 13.5. The predicted molar refractivity (Wildman–Crippen MR) is 113 cm³/mol. The number of nitrogens with zero attached hydrogens (tertiary/aromatic N) is 3. The summed E-state index contributed by atoms with van der Waals surface area (Å²) in [5.41, 5.74) is 4.82. The summed E-state index contributed by atoms with van der Waals surface area (Å²) >= 11 is 6.54. The third kappa shape index (κ3) is 3.74. The fourth-order valence-corrected chi connectivity index (χ4v) is 4.20. The van der Waals surface area contributed by atoms with E-state index in [1.807, 2.05) is 11.0 Å². The Kier molecular flexibility index (Phi) is 5.31. The second kappa shape index (κ2) is 7.88. The van der Waals surface area contributed by atoms with E-state index in [0.717, 1.165) is 42.1 Å². The van der Waals surface area contributed by atoms with Crippen LogP contribution in [-0.2, 0) is 6.54 Å². The second-order valence-electron chi connectivity index (χ2n) is 7.68. The highest BCUT2D eigenvalue weighted by atomic mass is 35.5. The molecule has 1 aliphatic rings. The summed E-state index contributed by atoms with van der Waals surface area (Å²) in [5.74, 6) is 0.0104. The van der Waals surface area contributed by atoms with Crippen molar-refractivity contribution in [1.29, 1.82) is 0 Å². The van der Waals surface area contributed by atoms with Gasteiger partial charge in [-0.1, -0.05) is 24.4 Å². The highest BCUT2D eigenvalue weighted by molar-refractivity contribution is 6.30. The van der Waals surface area contributed by atoms with Gasteiger partial charge in [-0.2, -0.15) is 0 Å². The van der Waals surface area contributed by atoms with E-state index in [1.54, 1.807) is 18.5 Å². The van der Waals surface area contributed by atoms with Gasteiger partial charge >= 0.3 is 0 Å². The number of carbonyl (C=O) groups is 1. The monoisotopic (exact) mass is 393 g/mol. The molecule has 0 bridgehead atoms. The van der Waals surface area contributed by atoms with Gasteiger partial charge in [0.1, 0.15) is 5.15 Å². The molecule has 4 rings (SSSR count). The molecule has 0 aliphatic heterocycles. The van der Waals surface area contributed by atoms with E-state index in [4.69, 9.17) is 11.6 Å². The number of aromatic nitrogens is 2. The van der Waals surface area contributed by atoms with Gasteiger partial charge < -0.3 is 4.90 Å². The maximum absolute atomic E-state index is 13.2. The van der Waals surface area contributed by atoms with Gasteiger partial charge in [-0.05, 0) is 68.1 Å². The molecule has 1 fully saturated rings. The maximum atomic E-state index is 13.2. The molecule has 2 aromatic heterocycles. The zero-order valence-corrected chi connectivity index (χ0v) is 17.0. The van der Waals surface area contributed by atoms with Gasteiger partial charge in [0.15, 0.2) is 0 Å². The summed E-state index contributed by atoms with van der Waals surface area (Å²) < 4.78 is 0. The number of fused-ring (bicyclic) bond motifs is 1. The SMILES string of the molecule is Cc1cc2cc(CN(C(=O)c3cccnc3)C3CCCC3)c(Cl)nc2cc1C. The molecule has 0 N–H and O–H groups in total. The van der Waals surface area contributed by atoms with Crippen LogP contribution in [0.5, 0.6) is 0 Å². The fraction of sp³-hybridized carbons (Fsp3) is 0.348. The molecule has 3 aromatic rings. The van der Waals surface area contributed by atoms with Crippen LogP contribution >= 0.6 is 11.6 Å². The van der Waals surface area contributed by atoms with Crippen LogP contribution in [0.15, 0.2) is 42.7 Å². The van der Waals surface area contributed by atoms with Crippen LogP contribution in [0, 0.1) is 13.8 Å². The molecule has 1 amide bonds. The molecule has 1 aromatic carbocycles. The van der Waals surface area contributed by atoms with Crippen molar-refractivity contribution in [2.45, 2.75) is 52.1 Å². The van der Waals surface area contributed by atoms with E-state index in [-0.39, 0.29) is 11.9 Å². The standard InChI is InChI=1S/C23H24ClN3O/c1-15-10-18-12-19(22(24)26-21(18)11-16(15)2)14-27(20-7-3-4-8-20)23(28)17-6-5-9-25-13-17/h5-6,9-13,20H,3-4,7-8,14H2,1-2H3. The number of hydrogen-bond donors (Lipinski definition) is 0. The molecule has 0 saturated heterocycles. The van der Waals surface area contributed by atoms with Crippen LogP contribution in [0.1, 0.15) is 52.7 Å². The van der Waals surface area contributed by atoms with Crippen LogP contribution in [-0.4, -0.2) is 26.8 Å². The van der Waals surface area contributed by atoms with Crippen molar-refractivity contribution in [3.8, 4) is 0 Å². The summed E-state index contributed by atoms with van der Waals surface area (Å²) in [7, 11) is 0. The van der Waals surface area contributed by atoms with Crippen molar-refractivity contribution >= 4 is 28.4 Å². The Labute approximate surface area is 170 Å². The minimum atomic E-state index is 0.0104. The third-order valence-corrected chi connectivity index (χ3v) is 6.06. The van der Waals surface area contributed by atoms with Crippen molar-refractivity contribution in [1.82, 2.24) is 14.9 Å². The molecular weight excluding hydrogens is 370 g/mol. The summed E-state index contributed by atoms with van der Waals surface area (Å²) in [6.07, 6.45) is 7.70. The Balaban J connectivity index is 1.71. The molecule has 0 radical (unpaired) electrons. The Morgan fingerprint density at radius 3 is 2.64 bits per heavy atom. The van der Waals surface area contributed by atoms with Crippen LogP contribution < -0.4 is 0 Å². The molecule has 0 spiro atoms. The number of benzene rings is 1. The predicted octanol–water partition coefficient (Wildman–Crippen LogP) is 5.49. The van der Waals surface area contributed by atoms with Crippen molar-refractivity contribution in [2.75, 3.05) is 0 Å². The van der Waals surface area contributed by atoms with Gasteiger partial charge in [0.25, 0.3) is 5.91 Å². The smallest absolute Gasteiger partial charge is 0.255 e. The molecule has 28 heavy (non-hydrogen) atoms. The molecule has 2 heterocycles. The van der Waals surface area contributed by atoms with Crippen LogP contribution in [0.25, 0.3) is 10.9 Å². The van der Waals surface area contributed by atoms with Gasteiger partial charge in [-0.3, -0.25) is 9.78 Å². The summed E-state index contributed by atoms with van der Waals surface area (Å²) in [5, 5.41) is 1.53. The topological polar surface area (TPSA) is 46.1 Å². The molecule has 1 aliphatic carbocycles. The first kappa shape index (κ1) is 18.9. The van der Waals surface area contributed by atoms with Gasteiger partial charge in [-0.25, -0.2) is 4.98 Å². The minimum Gasteiger partial charge on any atom is -0.331 e. The van der Waals surface area contributed by atoms with Gasteiger partial charge in [0, 0.05) is 35.9 Å². The average Bonchev–Trinajstić information content (AvgIpc) is 3.22. The zero-order valence-electron chi connectivity index (χ0n) is 16.3. The van der Waals surface area contributed by atoms with Gasteiger partial charge in [-0.15, -0.1) is 0 Å². The lowest BCUT2D eigenvalue weighted by Gasteiger charge is -2.29. The van der Waals surface area contributed by atoms with Crippen molar-refractivity contribution < 1.29 is 4.79 Å². The van der Waals surface area contributed by atoms with Crippen molar-refractivity contribution in [3.63, 3.8) is 0 Å². The Morgan fingerprint density at radius 2 is 1.93 bits per heavy atom. The molecule has 5 heteroatoms. The lowest BCUT2D eigenvalue weighted by atomic mass is 10.0. The maximum Gasteiger partial charge on any atom is 0.255 e. The van der Waals surface area contributed by atoms with Crippen LogP contribution in [0.3, 0.4) is 0 Å². The number of pyridine rings is 2. The lowest BCUT2D eigenvalue weighted by molar-refractivity contribution is 0.0664. The van der Waals surface area contributed by atoms with Gasteiger partial charge in [0.2, 0.25) is 0 Å². The summed E-state index contributed by atoms with van der Waals surface area (Å²) in [6.45, 7) is 4.64. The lowest BCUT2D eigenvalue weighted by Crippen LogP contribution is -2.38. The van der Waals surface area contributed by atoms with Crippen LogP contribution in [0.2, 0.25) is 5.15 Å². The number of hydrogen-bond acceptors (Lipinski definition) is 3. The number of aryl methyl sites for hydroxylation is 2. The minimum absolute atomic E-state index is 0.0104. The van der Waals surface area contributed by atoms with Gasteiger partial charge in [0.05, 0.1) is 11.1 Å². The zero-order chi connectivity index (χ0) is 19.7. The molecule has 1 saturated carbocycles. The highest BCUT2D eigenvalue weighted by Crippen LogP contribution is 2.29. The highest BCUT2D eigenvalue weighted by Gasteiger charge is 2.28. The van der Waals surface area contributed by atoms with E-state index in [2.05, 4.69) is 42.0 Å². The van der Waals surface area contributed by atoms with E-state index in [9.17, 15) is 4.79 Å². The Hall–Kier alpha value is -2.46. The quantitative estimate of drug-likeness (QED) is 0.551. The van der Waals surface area contributed by atoms with Crippen LogP contribution in [0.4, 0.5) is 0 Å². The molecule has 0 unspecified atom stereocenters. The first-order valence-electron chi connectivity index (χ1n) is 9.80. The number of amides is 1. The molecule has 144 valence electrons. The summed E-state index contributed by atoms with van der Waals surface area (Å²) in [6, 6.07) is 10.1. The second-order valence-corrected chi connectivity index (χ2v) is 8.04. The Bertz CT molecular complexity index is 1010. The number of carbonyl (C=O) groups excluding carboxylic acids is 1. The third-order valence-electron chi connectivity index (χ3n) is 5.73. The molecule has 0 atom stereocenters. The Morgan fingerprint density at radius 1 is 1.18 bits per heavy atom. The molecule has 4 nitrogen and oxygen atoms in total. The van der Waals surface area contributed by atoms with Crippen molar-refractivity contribution in [2.24, 2.45) is 0 Å². The molecular formula is C23H24ClN3O. The first-order valence-corrected chi connectivity index (χ1v) is 10.2. The average molecular weight is 394 g/mol. The largest absolute Gasteiger partial charge is 0.331 e. The van der Waals surface area contributed by atoms with E-state index in [1.165, 1.54) is 11.1 Å².